The fourth-order valence-corrected chi connectivity index (χ4v) is 1.93. The second kappa shape index (κ2) is 5.36. The largest absolute Gasteiger partial charge is 0.272 e. The number of hydrazone groups is 1. The average Bonchev–Trinajstić information content (AvgIpc) is 2.77. The Morgan fingerprint density at radius 3 is 3.12 bits per heavy atom. The van der Waals surface area contributed by atoms with Crippen LogP contribution in [0.5, 0.6) is 0 Å². The monoisotopic (exact) mass is 245 g/mol. The Balaban J connectivity index is 1.95. The molecule has 86 valence electrons. The lowest BCUT2D eigenvalue weighted by Crippen LogP contribution is -2.16. The fourth-order valence-electron chi connectivity index (χ4n) is 1.24. The molecule has 0 atom stereocenters. The Kier molecular flexibility index (Phi) is 3.62. The van der Waals surface area contributed by atoms with E-state index in [1.165, 1.54) is 11.3 Å². The number of aromatic nitrogens is 1. The summed E-state index contributed by atoms with van der Waals surface area (Å²) in [5.74, 6) is -0.200. The number of carbonyl (C=O) groups is 1. The molecule has 5 heteroatoms. The summed E-state index contributed by atoms with van der Waals surface area (Å²) in [6, 6.07) is 5.50. The summed E-state index contributed by atoms with van der Waals surface area (Å²) < 4.78 is 0. The van der Waals surface area contributed by atoms with Crippen molar-refractivity contribution in [2.45, 2.75) is 6.92 Å². The van der Waals surface area contributed by atoms with Crippen LogP contribution in [0.15, 0.2) is 41.1 Å². The van der Waals surface area contributed by atoms with E-state index in [-0.39, 0.29) is 5.91 Å². The molecule has 0 aliphatic heterocycles. The smallest absolute Gasteiger partial charge is 0.267 e. The van der Waals surface area contributed by atoms with Crippen molar-refractivity contribution in [2.75, 3.05) is 0 Å². The molecule has 2 aromatic heterocycles. The summed E-state index contributed by atoms with van der Waals surface area (Å²) in [6.45, 7) is 1.96. The molecule has 0 spiro atoms. The molecule has 4 nitrogen and oxygen atoms in total. The van der Waals surface area contributed by atoms with Gasteiger partial charge in [-0.05, 0) is 19.1 Å². The van der Waals surface area contributed by atoms with Gasteiger partial charge in [-0.2, -0.15) is 5.10 Å². The van der Waals surface area contributed by atoms with Gasteiger partial charge in [0.2, 0.25) is 0 Å². The lowest BCUT2D eigenvalue weighted by Gasteiger charge is -1.95. The van der Waals surface area contributed by atoms with E-state index in [9.17, 15) is 4.79 Å². The zero-order valence-corrected chi connectivity index (χ0v) is 10.1. The first-order chi connectivity index (χ1) is 8.25. The van der Waals surface area contributed by atoms with Gasteiger partial charge in [0, 0.05) is 28.2 Å². The molecule has 0 aromatic carbocycles. The SMILES string of the molecule is Cc1cc(C(=O)N/N=C/c2cccnc2)cs1. The molecular formula is C12H11N3OS. The predicted octanol–water partition coefficient (Wildman–Crippen LogP) is 2.22. The number of pyridine rings is 1. The third-order valence-corrected chi connectivity index (χ3v) is 2.92. The second-order valence-corrected chi connectivity index (χ2v) is 4.55. The van der Waals surface area contributed by atoms with Crippen LogP contribution in [0, 0.1) is 6.92 Å². The van der Waals surface area contributed by atoms with Crippen LogP contribution in [0.1, 0.15) is 20.8 Å². The van der Waals surface area contributed by atoms with Gasteiger partial charge in [-0.1, -0.05) is 6.07 Å². The minimum absolute atomic E-state index is 0.200. The highest BCUT2D eigenvalue weighted by Gasteiger charge is 2.05. The minimum Gasteiger partial charge on any atom is -0.267 e. The van der Waals surface area contributed by atoms with Gasteiger partial charge in [0.25, 0.3) is 5.91 Å². The van der Waals surface area contributed by atoms with E-state index in [4.69, 9.17) is 0 Å². The van der Waals surface area contributed by atoms with Gasteiger partial charge >= 0.3 is 0 Å². The number of carbonyl (C=O) groups excluding carboxylic acids is 1. The molecule has 0 aliphatic carbocycles. The van der Waals surface area contributed by atoms with Crippen molar-refractivity contribution >= 4 is 23.5 Å². The Morgan fingerprint density at radius 1 is 1.59 bits per heavy atom. The summed E-state index contributed by atoms with van der Waals surface area (Å²) >= 11 is 1.54. The van der Waals surface area contributed by atoms with Crippen LogP contribution in [-0.2, 0) is 0 Å². The van der Waals surface area contributed by atoms with Crippen LogP contribution in [0.3, 0.4) is 0 Å². The molecule has 0 bridgehead atoms. The molecular weight excluding hydrogens is 234 g/mol. The van der Waals surface area contributed by atoms with E-state index in [2.05, 4.69) is 15.5 Å². The fraction of sp³-hybridized carbons (Fsp3) is 0.0833. The van der Waals surface area contributed by atoms with Crippen LogP contribution in [-0.4, -0.2) is 17.1 Å². The van der Waals surface area contributed by atoms with Gasteiger partial charge in [-0.3, -0.25) is 9.78 Å². The Morgan fingerprint density at radius 2 is 2.47 bits per heavy atom. The molecule has 2 heterocycles. The highest BCUT2D eigenvalue weighted by molar-refractivity contribution is 7.10. The number of hydrogen-bond acceptors (Lipinski definition) is 4. The summed E-state index contributed by atoms with van der Waals surface area (Å²) in [5.41, 5.74) is 3.95. The third kappa shape index (κ3) is 3.22. The van der Waals surface area contributed by atoms with Crippen molar-refractivity contribution in [3.05, 3.63) is 52.0 Å². The maximum absolute atomic E-state index is 11.6. The molecule has 0 unspecified atom stereocenters. The van der Waals surface area contributed by atoms with Gasteiger partial charge in [-0.15, -0.1) is 11.3 Å². The lowest BCUT2D eigenvalue weighted by molar-refractivity contribution is 0.0955. The summed E-state index contributed by atoms with van der Waals surface area (Å²) in [6.07, 6.45) is 4.92. The van der Waals surface area contributed by atoms with Crippen molar-refractivity contribution in [2.24, 2.45) is 5.10 Å². The maximum atomic E-state index is 11.6. The van der Waals surface area contributed by atoms with Gasteiger partial charge in [-0.25, -0.2) is 5.43 Å². The zero-order chi connectivity index (χ0) is 12.1. The lowest BCUT2D eigenvalue weighted by atomic mass is 10.3. The Bertz CT molecular complexity index is 534. The van der Waals surface area contributed by atoms with Crippen molar-refractivity contribution in [1.82, 2.24) is 10.4 Å². The van der Waals surface area contributed by atoms with E-state index in [0.717, 1.165) is 10.4 Å². The highest BCUT2D eigenvalue weighted by atomic mass is 32.1. The normalized spacial score (nSPS) is 10.6. The van der Waals surface area contributed by atoms with Gasteiger partial charge in [0.15, 0.2) is 0 Å². The quantitative estimate of drug-likeness (QED) is 0.666. The summed E-state index contributed by atoms with van der Waals surface area (Å²) in [7, 11) is 0. The minimum atomic E-state index is -0.200. The van der Waals surface area contributed by atoms with Crippen LogP contribution >= 0.6 is 11.3 Å². The molecule has 2 aromatic rings. The van der Waals surface area contributed by atoms with E-state index in [1.54, 1.807) is 18.6 Å². The number of aryl methyl sites for hydroxylation is 1. The number of amides is 1. The van der Waals surface area contributed by atoms with Crippen molar-refractivity contribution in [3.63, 3.8) is 0 Å². The van der Waals surface area contributed by atoms with E-state index in [1.807, 2.05) is 30.5 Å². The number of rotatable bonds is 3. The van der Waals surface area contributed by atoms with E-state index < -0.39 is 0 Å². The van der Waals surface area contributed by atoms with Crippen LogP contribution in [0.2, 0.25) is 0 Å². The molecule has 0 aliphatic rings. The first kappa shape index (κ1) is 11.5. The molecule has 17 heavy (non-hydrogen) atoms. The molecule has 0 saturated heterocycles. The second-order valence-electron chi connectivity index (χ2n) is 3.43. The van der Waals surface area contributed by atoms with E-state index >= 15 is 0 Å². The van der Waals surface area contributed by atoms with Crippen LogP contribution in [0.4, 0.5) is 0 Å². The van der Waals surface area contributed by atoms with Crippen LogP contribution < -0.4 is 5.43 Å². The van der Waals surface area contributed by atoms with E-state index in [0.29, 0.717) is 5.56 Å². The molecule has 1 N–H and O–H groups in total. The predicted molar refractivity (Wildman–Crippen MR) is 68.4 cm³/mol. The van der Waals surface area contributed by atoms with Gasteiger partial charge in [0.1, 0.15) is 0 Å². The number of thiophene rings is 1. The van der Waals surface area contributed by atoms with Crippen LogP contribution in [0.25, 0.3) is 0 Å². The average molecular weight is 245 g/mol. The number of nitrogens with one attached hydrogen (secondary N) is 1. The zero-order valence-electron chi connectivity index (χ0n) is 9.25. The van der Waals surface area contributed by atoms with Crippen molar-refractivity contribution in [1.29, 1.82) is 0 Å². The molecule has 0 fully saturated rings. The number of hydrogen-bond donors (Lipinski definition) is 1. The van der Waals surface area contributed by atoms with Gasteiger partial charge < -0.3 is 0 Å². The summed E-state index contributed by atoms with van der Waals surface area (Å²) in [5, 5.41) is 5.68. The molecule has 0 saturated carbocycles. The Labute approximate surface area is 103 Å². The maximum Gasteiger partial charge on any atom is 0.272 e. The first-order valence-electron chi connectivity index (χ1n) is 5.04. The first-order valence-corrected chi connectivity index (χ1v) is 5.92. The molecule has 2 rings (SSSR count). The Hall–Kier alpha value is -2.01. The number of nitrogens with zero attached hydrogens (tertiary/aromatic N) is 2. The molecule has 1 amide bonds. The van der Waals surface area contributed by atoms with Crippen molar-refractivity contribution in [3.8, 4) is 0 Å². The van der Waals surface area contributed by atoms with Gasteiger partial charge in [0.05, 0.1) is 11.8 Å². The topological polar surface area (TPSA) is 54.4 Å². The highest BCUT2D eigenvalue weighted by Crippen LogP contribution is 2.12. The standard InChI is InChI=1S/C12H11N3OS/c1-9-5-11(8-17-9)12(16)15-14-7-10-3-2-4-13-6-10/h2-8H,1H3,(H,15,16)/b14-7+. The molecule has 0 radical (unpaired) electrons. The van der Waals surface area contributed by atoms with Crippen molar-refractivity contribution < 1.29 is 4.79 Å². The summed E-state index contributed by atoms with van der Waals surface area (Å²) in [4.78, 5) is 16.7. The third-order valence-electron chi connectivity index (χ3n) is 2.06.